The van der Waals surface area contributed by atoms with Gasteiger partial charge in [-0.15, -0.1) is 0 Å². The molecule has 2 rings (SSSR count). The van der Waals surface area contributed by atoms with E-state index in [-0.39, 0.29) is 24.1 Å². The van der Waals surface area contributed by atoms with Gasteiger partial charge < -0.3 is 19.7 Å². The van der Waals surface area contributed by atoms with Crippen molar-refractivity contribution in [2.24, 2.45) is 0 Å². The molecule has 136 valence electrons. The molecule has 1 N–H and O–H groups in total. The zero-order valence-electron chi connectivity index (χ0n) is 14.5. The summed E-state index contributed by atoms with van der Waals surface area (Å²) in [6.45, 7) is 7.04. The Balaban J connectivity index is 1.65. The number of esters is 1. The van der Waals surface area contributed by atoms with Crippen molar-refractivity contribution in [2.45, 2.75) is 51.6 Å². The lowest BCUT2D eigenvalue weighted by Gasteiger charge is -2.38. The first kappa shape index (κ1) is 18.8. The van der Waals surface area contributed by atoms with E-state index in [0.29, 0.717) is 37.7 Å². The van der Waals surface area contributed by atoms with Crippen LogP contribution >= 0.6 is 12.2 Å². The Morgan fingerprint density at radius 3 is 2.71 bits per heavy atom. The van der Waals surface area contributed by atoms with Crippen LogP contribution in [0.25, 0.3) is 0 Å². The summed E-state index contributed by atoms with van der Waals surface area (Å²) in [6, 6.07) is 0.389. The number of carbonyl (C=O) groups is 2. The highest BCUT2D eigenvalue weighted by molar-refractivity contribution is 7.80. The zero-order valence-corrected chi connectivity index (χ0v) is 15.3. The molecule has 0 aromatic rings. The van der Waals surface area contributed by atoms with Gasteiger partial charge in [0.2, 0.25) is 0 Å². The third kappa shape index (κ3) is 4.96. The second kappa shape index (κ2) is 9.05. The predicted octanol–water partition coefficient (Wildman–Crippen LogP) is 1.51. The number of nitrogens with zero attached hydrogens (tertiary/aromatic N) is 2. The van der Waals surface area contributed by atoms with Crippen LogP contribution in [0, 0.1) is 0 Å². The summed E-state index contributed by atoms with van der Waals surface area (Å²) in [5.74, 6) is -0.169. The molecule has 0 bridgehead atoms. The van der Waals surface area contributed by atoms with Gasteiger partial charge in [0.05, 0.1) is 12.6 Å². The standard InChI is InChI=1S/C16H27N3O4S/c1-3-22-14(20)5-4-8-17-15(24)18-9-6-13(7-10-18)19-12(2)11-23-16(19)21/h12-13H,3-11H2,1-2H3,(H,17,24). The molecular weight excluding hydrogens is 330 g/mol. The maximum atomic E-state index is 11.8. The molecule has 8 heteroatoms. The molecule has 0 aliphatic carbocycles. The van der Waals surface area contributed by atoms with Gasteiger partial charge in [-0.2, -0.15) is 0 Å². The largest absolute Gasteiger partial charge is 0.466 e. The lowest BCUT2D eigenvalue weighted by Crippen LogP contribution is -2.51. The van der Waals surface area contributed by atoms with Gasteiger partial charge in [-0.3, -0.25) is 9.69 Å². The molecule has 1 unspecified atom stereocenters. The normalized spacial score (nSPS) is 21.6. The Bertz CT molecular complexity index is 466. The number of amides is 1. The molecule has 0 saturated carbocycles. The van der Waals surface area contributed by atoms with Gasteiger partial charge >= 0.3 is 12.1 Å². The van der Waals surface area contributed by atoms with Crippen molar-refractivity contribution in [2.75, 3.05) is 32.8 Å². The van der Waals surface area contributed by atoms with Crippen LogP contribution in [0.1, 0.15) is 39.5 Å². The van der Waals surface area contributed by atoms with Gasteiger partial charge in [0.15, 0.2) is 5.11 Å². The van der Waals surface area contributed by atoms with Crippen LogP contribution in [-0.4, -0.2) is 71.9 Å². The molecule has 0 radical (unpaired) electrons. The molecule has 7 nitrogen and oxygen atoms in total. The van der Waals surface area contributed by atoms with Gasteiger partial charge in [0.25, 0.3) is 0 Å². The van der Waals surface area contributed by atoms with Gasteiger partial charge in [0.1, 0.15) is 6.61 Å². The van der Waals surface area contributed by atoms with Gasteiger partial charge in [-0.05, 0) is 45.3 Å². The molecular formula is C16H27N3O4S. The highest BCUT2D eigenvalue weighted by Gasteiger charge is 2.37. The van der Waals surface area contributed by atoms with Crippen molar-refractivity contribution in [3.05, 3.63) is 0 Å². The minimum atomic E-state index is -0.194. The average Bonchev–Trinajstić information content (AvgIpc) is 2.90. The summed E-state index contributed by atoms with van der Waals surface area (Å²) >= 11 is 5.42. The van der Waals surface area contributed by atoms with Gasteiger partial charge in [-0.25, -0.2) is 4.79 Å². The van der Waals surface area contributed by atoms with E-state index in [9.17, 15) is 9.59 Å². The second-order valence-corrected chi connectivity index (χ2v) is 6.58. The number of thiocarbonyl (C=S) groups is 1. The van der Waals surface area contributed by atoms with Crippen LogP contribution in [0.5, 0.6) is 0 Å². The summed E-state index contributed by atoms with van der Waals surface area (Å²) < 4.78 is 10.00. The molecule has 1 amide bonds. The lowest BCUT2D eigenvalue weighted by molar-refractivity contribution is -0.143. The quantitative estimate of drug-likeness (QED) is 0.439. The van der Waals surface area contributed by atoms with E-state index >= 15 is 0 Å². The number of rotatable bonds is 6. The Morgan fingerprint density at radius 1 is 1.42 bits per heavy atom. The van der Waals surface area contributed by atoms with E-state index in [2.05, 4.69) is 10.2 Å². The Labute approximate surface area is 148 Å². The number of piperidine rings is 1. The molecule has 2 fully saturated rings. The molecule has 0 aromatic carbocycles. The van der Waals surface area contributed by atoms with Crippen molar-refractivity contribution >= 4 is 29.4 Å². The number of cyclic esters (lactones) is 1. The van der Waals surface area contributed by atoms with E-state index in [4.69, 9.17) is 21.7 Å². The highest BCUT2D eigenvalue weighted by Crippen LogP contribution is 2.23. The van der Waals surface area contributed by atoms with E-state index in [1.165, 1.54) is 0 Å². The van der Waals surface area contributed by atoms with Crippen LogP contribution in [0.3, 0.4) is 0 Å². The number of hydrogen-bond acceptors (Lipinski definition) is 5. The van der Waals surface area contributed by atoms with Gasteiger partial charge in [0, 0.05) is 32.1 Å². The Kier molecular flexibility index (Phi) is 7.08. The highest BCUT2D eigenvalue weighted by atomic mass is 32.1. The van der Waals surface area contributed by atoms with Crippen molar-refractivity contribution in [1.82, 2.24) is 15.1 Å². The van der Waals surface area contributed by atoms with E-state index in [0.717, 1.165) is 25.9 Å². The van der Waals surface area contributed by atoms with Crippen LogP contribution in [-0.2, 0) is 14.3 Å². The van der Waals surface area contributed by atoms with Crippen molar-refractivity contribution in [3.8, 4) is 0 Å². The lowest BCUT2D eigenvalue weighted by atomic mass is 10.0. The monoisotopic (exact) mass is 357 g/mol. The fraction of sp³-hybridized carbons (Fsp3) is 0.812. The number of ether oxygens (including phenoxy) is 2. The number of hydrogen-bond donors (Lipinski definition) is 1. The molecule has 2 aliphatic heterocycles. The number of nitrogens with one attached hydrogen (secondary N) is 1. The molecule has 0 spiro atoms. The summed E-state index contributed by atoms with van der Waals surface area (Å²) in [5.41, 5.74) is 0. The SMILES string of the molecule is CCOC(=O)CCCNC(=S)N1CCC(N2C(=O)OCC2C)CC1. The zero-order chi connectivity index (χ0) is 17.5. The molecule has 24 heavy (non-hydrogen) atoms. The summed E-state index contributed by atoms with van der Waals surface area (Å²) in [4.78, 5) is 27.1. The fourth-order valence-electron chi connectivity index (χ4n) is 3.16. The third-order valence-corrected chi connectivity index (χ3v) is 4.82. The first-order valence-corrected chi connectivity index (χ1v) is 9.07. The summed E-state index contributed by atoms with van der Waals surface area (Å²) in [6.07, 6.45) is 2.70. The van der Waals surface area contributed by atoms with Crippen molar-refractivity contribution in [3.63, 3.8) is 0 Å². The van der Waals surface area contributed by atoms with E-state index < -0.39 is 0 Å². The smallest absolute Gasteiger partial charge is 0.410 e. The summed E-state index contributed by atoms with van der Waals surface area (Å²) in [7, 11) is 0. The molecule has 2 saturated heterocycles. The minimum absolute atomic E-state index is 0.155. The maximum Gasteiger partial charge on any atom is 0.410 e. The van der Waals surface area contributed by atoms with Crippen molar-refractivity contribution < 1.29 is 19.1 Å². The van der Waals surface area contributed by atoms with Crippen LogP contribution in [0.2, 0.25) is 0 Å². The minimum Gasteiger partial charge on any atom is -0.466 e. The van der Waals surface area contributed by atoms with E-state index in [1.807, 2.05) is 11.8 Å². The first-order chi connectivity index (χ1) is 11.5. The molecule has 1 atom stereocenters. The molecule has 0 aromatic heterocycles. The molecule has 2 aliphatic rings. The maximum absolute atomic E-state index is 11.8. The number of likely N-dealkylation sites (tertiary alicyclic amines) is 1. The average molecular weight is 357 g/mol. The van der Waals surface area contributed by atoms with Crippen LogP contribution < -0.4 is 5.32 Å². The van der Waals surface area contributed by atoms with Gasteiger partial charge in [-0.1, -0.05) is 0 Å². The van der Waals surface area contributed by atoms with E-state index in [1.54, 1.807) is 6.92 Å². The first-order valence-electron chi connectivity index (χ1n) is 8.66. The Morgan fingerprint density at radius 2 is 2.12 bits per heavy atom. The predicted molar refractivity (Wildman–Crippen MR) is 93.7 cm³/mol. The number of carbonyl (C=O) groups excluding carboxylic acids is 2. The van der Waals surface area contributed by atoms with Crippen molar-refractivity contribution in [1.29, 1.82) is 0 Å². The Hall–Kier alpha value is -1.57. The fourth-order valence-corrected chi connectivity index (χ4v) is 3.44. The molecule has 2 heterocycles. The van der Waals surface area contributed by atoms with Crippen LogP contribution in [0.4, 0.5) is 4.79 Å². The van der Waals surface area contributed by atoms with Crippen LogP contribution in [0.15, 0.2) is 0 Å². The topological polar surface area (TPSA) is 71.1 Å². The second-order valence-electron chi connectivity index (χ2n) is 6.19. The summed E-state index contributed by atoms with van der Waals surface area (Å²) in [5, 5.41) is 3.91. The third-order valence-electron chi connectivity index (χ3n) is 4.42.